The second-order valence-electron chi connectivity index (χ2n) is 6.52. The zero-order chi connectivity index (χ0) is 17.4. The molecule has 1 unspecified atom stereocenters. The minimum atomic E-state index is -0.0892. The number of aryl methyl sites for hydroxylation is 1. The van der Waals surface area contributed by atoms with Gasteiger partial charge < -0.3 is 9.42 Å². The Bertz CT molecular complexity index is 912. The summed E-state index contributed by atoms with van der Waals surface area (Å²) >= 11 is 0. The number of carbonyl (C=O) groups is 1. The van der Waals surface area contributed by atoms with Crippen molar-refractivity contribution in [2.75, 3.05) is 6.54 Å². The van der Waals surface area contributed by atoms with E-state index in [9.17, 15) is 4.79 Å². The number of carbonyl (C=O) groups excluding carboxylic acids is 1. The SMILES string of the molecule is Cc1cnn(Cc2cc(C(=O)N3CCc4ccccc4C3C)no2)c1. The van der Waals surface area contributed by atoms with Gasteiger partial charge in [-0.25, -0.2) is 0 Å². The molecule has 0 spiro atoms. The zero-order valence-corrected chi connectivity index (χ0v) is 14.3. The first kappa shape index (κ1) is 15.6. The number of hydrogen-bond donors (Lipinski definition) is 0. The zero-order valence-electron chi connectivity index (χ0n) is 14.3. The maximum absolute atomic E-state index is 12.9. The Kier molecular flexibility index (Phi) is 3.87. The lowest BCUT2D eigenvalue weighted by Crippen LogP contribution is -2.39. The molecule has 0 bridgehead atoms. The van der Waals surface area contributed by atoms with E-state index in [0.29, 0.717) is 24.5 Å². The third kappa shape index (κ3) is 2.95. The van der Waals surface area contributed by atoms with Gasteiger partial charge in [0.1, 0.15) is 6.54 Å². The van der Waals surface area contributed by atoms with Crippen LogP contribution >= 0.6 is 0 Å². The molecular weight excluding hydrogens is 316 g/mol. The lowest BCUT2D eigenvalue weighted by molar-refractivity contribution is 0.0667. The molecule has 1 aromatic carbocycles. The molecule has 0 fully saturated rings. The maximum atomic E-state index is 12.9. The Labute approximate surface area is 146 Å². The molecule has 2 aromatic heterocycles. The summed E-state index contributed by atoms with van der Waals surface area (Å²) in [5.41, 5.74) is 3.95. The van der Waals surface area contributed by atoms with Crippen molar-refractivity contribution in [2.45, 2.75) is 32.9 Å². The van der Waals surface area contributed by atoms with E-state index in [1.54, 1.807) is 16.9 Å². The first-order chi connectivity index (χ1) is 12.1. The van der Waals surface area contributed by atoms with Crippen LogP contribution in [0.3, 0.4) is 0 Å². The predicted octanol–water partition coefficient (Wildman–Crippen LogP) is 2.99. The molecule has 0 N–H and O–H groups in total. The largest absolute Gasteiger partial charge is 0.359 e. The highest BCUT2D eigenvalue weighted by Crippen LogP contribution is 2.30. The average molecular weight is 336 g/mol. The first-order valence-electron chi connectivity index (χ1n) is 8.45. The van der Waals surface area contributed by atoms with Crippen LogP contribution in [-0.4, -0.2) is 32.3 Å². The molecule has 6 nitrogen and oxygen atoms in total. The molecule has 0 aliphatic carbocycles. The van der Waals surface area contributed by atoms with Crippen molar-refractivity contribution in [3.8, 4) is 0 Å². The van der Waals surface area contributed by atoms with Gasteiger partial charge in [-0.15, -0.1) is 0 Å². The molecule has 1 atom stereocenters. The van der Waals surface area contributed by atoms with Crippen molar-refractivity contribution in [3.05, 3.63) is 70.9 Å². The summed E-state index contributed by atoms with van der Waals surface area (Å²) in [4.78, 5) is 14.7. The molecule has 0 saturated heterocycles. The van der Waals surface area contributed by atoms with Gasteiger partial charge in [0.15, 0.2) is 11.5 Å². The number of fused-ring (bicyclic) bond motifs is 1. The third-order valence-corrected chi connectivity index (χ3v) is 4.71. The van der Waals surface area contributed by atoms with Gasteiger partial charge in [-0.1, -0.05) is 29.4 Å². The number of rotatable bonds is 3. The second kappa shape index (κ2) is 6.20. The molecule has 1 aliphatic heterocycles. The van der Waals surface area contributed by atoms with Gasteiger partial charge in [-0.2, -0.15) is 5.10 Å². The maximum Gasteiger partial charge on any atom is 0.276 e. The van der Waals surface area contributed by atoms with Crippen LogP contribution in [-0.2, 0) is 13.0 Å². The summed E-state index contributed by atoms with van der Waals surface area (Å²) in [6, 6.07) is 10.0. The average Bonchev–Trinajstić information content (AvgIpc) is 3.24. The Morgan fingerprint density at radius 3 is 3.00 bits per heavy atom. The lowest BCUT2D eigenvalue weighted by atomic mass is 9.93. The van der Waals surface area contributed by atoms with Gasteiger partial charge in [-0.05, 0) is 37.0 Å². The van der Waals surface area contributed by atoms with Crippen molar-refractivity contribution in [3.63, 3.8) is 0 Å². The first-order valence-corrected chi connectivity index (χ1v) is 8.45. The standard InChI is InChI=1S/C19H20N4O2/c1-13-10-20-22(11-13)12-16-9-18(21-25-16)19(24)23-8-7-15-5-3-4-6-17(15)14(23)2/h3-6,9-11,14H,7-8,12H2,1-2H3. The van der Waals surface area contributed by atoms with Crippen molar-refractivity contribution >= 4 is 5.91 Å². The highest BCUT2D eigenvalue weighted by molar-refractivity contribution is 5.92. The summed E-state index contributed by atoms with van der Waals surface area (Å²) < 4.78 is 7.10. The van der Waals surface area contributed by atoms with Gasteiger partial charge in [0.2, 0.25) is 0 Å². The van der Waals surface area contributed by atoms with E-state index in [1.807, 2.05) is 30.2 Å². The summed E-state index contributed by atoms with van der Waals surface area (Å²) in [6.45, 7) is 5.20. The topological polar surface area (TPSA) is 64.2 Å². The van der Waals surface area contributed by atoms with Crippen molar-refractivity contribution in [1.82, 2.24) is 19.8 Å². The van der Waals surface area contributed by atoms with Gasteiger partial charge in [0.25, 0.3) is 5.91 Å². The third-order valence-electron chi connectivity index (χ3n) is 4.71. The Morgan fingerprint density at radius 2 is 2.20 bits per heavy atom. The molecule has 1 aliphatic rings. The number of aromatic nitrogens is 3. The van der Waals surface area contributed by atoms with E-state index < -0.39 is 0 Å². The van der Waals surface area contributed by atoms with Crippen LogP contribution in [0, 0.1) is 6.92 Å². The quantitative estimate of drug-likeness (QED) is 0.737. The van der Waals surface area contributed by atoms with Crippen LogP contribution in [0.1, 0.15) is 45.9 Å². The van der Waals surface area contributed by atoms with Crippen molar-refractivity contribution < 1.29 is 9.32 Å². The molecule has 3 heterocycles. The van der Waals surface area contributed by atoms with Crippen LogP contribution in [0.2, 0.25) is 0 Å². The predicted molar refractivity (Wildman–Crippen MR) is 92.2 cm³/mol. The molecule has 6 heteroatoms. The fraction of sp³-hybridized carbons (Fsp3) is 0.316. The van der Waals surface area contributed by atoms with Crippen LogP contribution in [0.15, 0.2) is 47.2 Å². The summed E-state index contributed by atoms with van der Waals surface area (Å²) in [7, 11) is 0. The fourth-order valence-corrected chi connectivity index (χ4v) is 3.40. The van der Waals surface area contributed by atoms with E-state index in [-0.39, 0.29) is 11.9 Å². The van der Waals surface area contributed by atoms with Gasteiger partial charge in [0.05, 0.1) is 12.2 Å². The highest BCUT2D eigenvalue weighted by atomic mass is 16.5. The molecule has 25 heavy (non-hydrogen) atoms. The summed E-state index contributed by atoms with van der Waals surface area (Å²) in [5, 5.41) is 8.20. The Hall–Kier alpha value is -2.89. The minimum Gasteiger partial charge on any atom is -0.359 e. The smallest absolute Gasteiger partial charge is 0.276 e. The van der Waals surface area contributed by atoms with Crippen LogP contribution < -0.4 is 0 Å². The second-order valence-corrected chi connectivity index (χ2v) is 6.52. The van der Waals surface area contributed by atoms with E-state index in [1.165, 1.54) is 11.1 Å². The minimum absolute atomic E-state index is 0.0337. The number of amides is 1. The van der Waals surface area contributed by atoms with Gasteiger partial charge in [-0.3, -0.25) is 9.48 Å². The Balaban J connectivity index is 1.52. The normalized spacial score (nSPS) is 16.7. The lowest BCUT2D eigenvalue weighted by Gasteiger charge is -2.34. The molecule has 3 aromatic rings. The van der Waals surface area contributed by atoms with E-state index in [0.717, 1.165) is 12.0 Å². The fourth-order valence-electron chi connectivity index (χ4n) is 3.40. The number of benzene rings is 1. The molecule has 0 radical (unpaired) electrons. The van der Waals surface area contributed by atoms with Crippen molar-refractivity contribution in [1.29, 1.82) is 0 Å². The molecule has 1 amide bonds. The summed E-state index contributed by atoms with van der Waals surface area (Å²) in [5.74, 6) is 0.533. The van der Waals surface area contributed by atoms with Gasteiger partial charge >= 0.3 is 0 Å². The van der Waals surface area contributed by atoms with Crippen LogP contribution in [0.25, 0.3) is 0 Å². The van der Waals surface area contributed by atoms with E-state index in [4.69, 9.17) is 4.52 Å². The van der Waals surface area contributed by atoms with Crippen molar-refractivity contribution in [2.24, 2.45) is 0 Å². The number of nitrogens with zero attached hydrogens (tertiary/aromatic N) is 4. The van der Waals surface area contributed by atoms with Gasteiger partial charge in [0, 0.05) is 18.8 Å². The highest BCUT2D eigenvalue weighted by Gasteiger charge is 2.29. The monoisotopic (exact) mass is 336 g/mol. The molecule has 4 rings (SSSR count). The molecular formula is C19H20N4O2. The Morgan fingerprint density at radius 1 is 1.36 bits per heavy atom. The van der Waals surface area contributed by atoms with E-state index >= 15 is 0 Å². The molecule has 0 saturated carbocycles. The molecule has 128 valence electrons. The van der Waals surface area contributed by atoms with Crippen LogP contribution in [0.5, 0.6) is 0 Å². The number of hydrogen-bond acceptors (Lipinski definition) is 4. The summed E-state index contributed by atoms with van der Waals surface area (Å²) in [6.07, 6.45) is 4.58. The van der Waals surface area contributed by atoms with Crippen LogP contribution in [0.4, 0.5) is 0 Å². The van der Waals surface area contributed by atoms with E-state index in [2.05, 4.69) is 29.3 Å².